The van der Waals surface area contributed by atoms with Crippen molar-refractivity contribution in [2.24, 2.45) is 0 Å². The SMILES string of the molecule is C=C(C)C(=O)OCCCO.C=C(C)C(=O)OCCCO.OCCOCCO. The fourth-order valence-electron chi connectivity index (χ4n) is 0.936. The second-order valence-corrected chi connectivity index (χ2v) is 5.05. The van der Waals surface area contributed by atoms with Gasteiger partial charge < -0.3 is 34.6 Å². The lowest BCUT2D eigenvalue weighted by atomic mass is 10.4. The smallest absolute Gasteiger partial charge is 0.333 e. The molecule has 0 aromatic rings. The van der Waals surface area contributed by atoms with Crippen LogP contribution in [0.5, 0.6) is 0 Å². The molecule has 9 heteroatoms. The number of esters is 2. The van der Waals surface area contributed by atoms with Gasteiger partial charge >= 0.3 is 11.9 Å². The summed E-state index contributed by atoms with van der Waals surface area (Å²) in [5.41, 5.74) is 0.774. The van der Waals surface area contributed by atoms with Gasteiger partial charge in [0.15, 0.2) is 0 Å². The van der Waals surface area contributed by atoms with E-state index in [1.54, 1.807) is 13.8 Å². The highest BCUT2D eigenvalue weighted by Crippen LogP contribution is 1.93. The molecule has 160 valence electrons. The predicted octanol–water partition coefficient (Wildman–Crippen LogP) is -0.0362. The van der Waals surface area contributed by atoms with Crippen LogP contribution in [0.15, 0.2) is 24.3 Å². The van der Waals surface area contributed by atoms with Crippen LogP contribution in [0, 0.1) is 0 Å². The van der Waals surface area contributed by atoms with E-state index in [0.717, 1.165) is 0 Å². The topological polar surface area (TPSA) is 143 Å². The quantitative estimate of drug-likeness (QED) is 0.204. The molecule has 0 aliphatic carbocycles. The predicted molar refractivity (Wildman–Crippen MR) is 99.9 cm³/mol. The molecule has 0 heterocycles. The van der Waals surface area contributed by atoms with E-state index < -0.39 is 11.9 Å². The summed E-state index contributed by atoms with van der Waals surface area (Å²) < 4.78 is 13.9. The van der Waals surface area contributed by atoms with Gasteiger partial charge in [-0.05, 0) is 13.8 Å². The summed E-state index contributed by atoms with van der Waals surface area (Å²) in [5.74, 6) is -0.790. The molecule has 0 bridgehead atoms. The van der Waals surface area contributed by atoms with Gasteiger partial charge in [-0.15, -0.1) is 0 Å². The first-order valence-electron chi connectivity index (χ1n) is 8.44. The first-order chi connectivity index (χ1) is 12.8. The van der Waals surface area contributed by atoms with Crippen LogP contribution >= 0.6 is 0 Å². The standard InChI is InChI=1S/2C7H12O3.C4H10O3/c2*1-6(2)7(9)10-5-3-4-8;5-1-3-7-4-2-6/h2*8H,1,3-5H2,2H3;5-6H,1-4H2. The van der Waals surface area contributed by atoms with Crippen molar-refractivity contribution in [1.29, 1.82) is 0 Å². The lowest BCUT2D eigenvalue weighted by Gasteiger charge is -2.00. The van der Waals surface area contributed by atoms with Crippen LogP contribution in [0.4, 0.5) is 0 Å². The Morgan fingerprint density at radius 1 is 0.667 bits per heavy atom. The van der Waals surface area contributed by atoms with Gasteiger partial charge in [0.2, 0.25) is 0 Å². The highest BCUT2D eigenvalue weighted by Gasteiger charge is 2.01. The Morgan fingerprint density at radius 3 is 1.22 bits per heavy atom. The molecule has 0 aromatic heterocycles. The Kier molecular flexibility index (Phi) is 26.9. The summed E-state index contributed by atoms with van der Waals surface area (Å²) in [4.78, 5) is 21.2. The molecule has 0 saturated heterocycles. The Balaban J connectivity index is -0.000000326. The van der Waals surface area contributed by atoms with Crippen molar-refractivity contribution in [2.75, 3.05) is 52.9 Å². The molecule has 27 heavy (non-hydrogen) atoms. The van der Waals surface area contributed by atoms with E-state index in [9.17, 15) is 9.59 Å². The van der Waals surface area contributed by atoms with Gasteiger partial charge in [0.05, 0.1) is 39.6 Å². The first kappa shape index (κ1) is 30.0. The summed E-state index contributed by atoms with van der Waals surface area (Å²) in [7, 11) is 0. The van der Waals surface area contributed by atoms with E-state index in [1.807, 2.05) is 0 Å². The third-order valence-electron chi connectivity index (χ3n) is 2.24. The van der Waals surface area contributed by atoms with E-state index >= 15 is 0 Å². The van der Waals surface area contributed by atoms with Crippen molar-refractivity contribution in [1.82, 2.24) is 0 Å². The van der Waals surface area contributed by atoms with Crippen molar-refractivity contribution in [3.05, 3.63) is 24.3 Å². The zero-order valence-corrected chi connectivity index (χ0v) is 16.3. The Morgan fingerprint density at radius 2 is 1.00 bits per heavy atom. The van der Waals surface area contributed by atoms with Gasteiger partial charge in [0.25, 0.3) is 0 Å². The largest absolute Gasteiger partial charge is 0.462 e. The third-order valence-corrected chi connectivity index (χ3v) is 2.24. The van der Waals surface area contributed by atoms with Gasteiger partial charge in [0.1, 0.15) is 0 Å². The number of carbonyl (C=O) groups excluding carboxylic acids is 2. The molecular weight excluding hydrogens is 360 g/mol. The minimum Gasteiger partial charge on any atom is -0.462 e. The minimum atomic E-state index is -0.395. The van der Waals surface area contributed by atoms with E-state index in [1.165, 1.54) is 0 Å². The van der Waals surface area contributed by atoms with Crippen LogP contribution < -0.4 is 0 Å². The minimum absolute atomic E-state index is 0.0278. The lowest BCUT2D eigenvalue weighted by molar-refractivity contribution is -0.140. The van der Waals surface area contributed by atoms with Crippen LogP contribution in [-0.4, -0.2) is 85.2 Å². The Bertz CT molecular complexity index is 358. The van der Waals surface area contributed by atoms with Crippen molar-refractivity contribution in [3.8, 4) is 0 Å². The average molecular weight is 394 g/mol. The molecular formula is C18H34O9. The molecule has 0 aliphatic rings. The van der Waals surface area contributed by atoms with Gasteiger partial charge in [-0.1, -0.05) is 13.2 Å². The summed E-state index contributed by atoms with van der Waals surface area (Å²) >= 11 is 0. The van der Waals surface area contributed by atoms with Crippen LogP contribution in [0.25, 0.3) is 0 Å². The molecule has 4 N–H and O–H groups in total. The van der Waals surface area contributed by atoms with Crippen LogP contribution in [0.1, 0.15) is 26.7 Å². The zero-order valence-electron chi connectivity index (χ0n) is 16.3. The van der Waals surface area contributed by atoms with Crippen LogP contribution in [0.3, 0.4) is 0 Å². The number of hydrogen-bond donors (Lipinski definition) is 4. The maximum atomic E-state index is 10.6. The number of ether oxygens (including phenoxy) is 3. The van der Waals surface area contributed by atoms with Gasteiger partial charge in [-0.25, -0.2) is 9.59 Å². The highest BCUT2D eigenvalue weighted by atomic mass is 16.5. The van der Waals surface area contributed by atoms with E-state index in [0.29, 0.717) is 37.2 Å². The van der Waals surface area contributed by atoms with Crippen molar-refractivity contribution >= 4 is 11.9 Å². The summed E-state index contributed by atoms with van der Waals surface area (Å²) in [6, 6.07) is 0. The normalized spacial score (nSPS) is 9.11. The van der Waals surface area contributed by atoms with Gasteiger partial charge in [-0.3, -0.25) is 0 Å². The van der Waals surface area contributed by atoms with E-state index in [2.05, 4.69) is 27.4 Å². The fraction of sp³-hybridized carbons (Fsp3) is 0.667. The number of carbonyl (C=O) groups is 2. The molecule has 0 saturated carbocycles. The molecule has 0 amide bonds. The number of hydrogen-bond acceptors (Lipinski definition) is 9. The molecule has 0 atom stereocenters. The Hall–Kier alpha value is -1.78. The molecule has 9 nitrogen and oxygen atoms in total. The highest BCUT2D eigenvalue weighted by molar-refractivity contribution is 5.87. The Labute approximate surface area is 160 Å². The molecule has 0 aliphatic heterocycles. The van der Waals surface area contributed by atoms with Gasteiger partial charge in [-0.2, -0.15) is 0 Å². The number of rotatable bonds is 12. The van der Waals surface area contributed by atoms with E-state index in [-0.39, 0.29) is 39.6 Å². The molecule has 0 unspecified atom stereocenters. The second-order valence-electron chi connectivity index (χ2n) is 5.05. The second kappa shape index (κ2) is 24.2. The molecule has 0 radical (unpaired) electrons. The summed E-state index contributed by atoms with van der Waals surface area (Å²) in [6.45, 7) is 11.3. The molecule has 0 aromatic carbocycles. The lowest BCUT2D eigenvalue weighted by Crippen LogP contribution is -2.06. The van der Waals surface area contributed by atoms with Crippen molar-refractivity contribution in [2.45, 2.75) is 26.7 Å². The fourth-order valence-corrected chi connectivity index (χ4v) is 0.936. The molecule has 0 spiro atoms. The number of aliphatic hydroxyl groups excluding tert-OH is 4. The molecule has 0 fully saturated rings. The number of aliphatic hydroxyl groups is 4. The van der Waals surface area contributed by atoms with Crippen molar-refractivity contribution in [3.63, 3.8) is 0 Å². The summed E-state index contributed by atoms with van der Waals surface area (Å²) in [5, 5.41) is 32.8. The van der Waals surface area contributed by atoms with Crippen LogP contribution in [-0.2, 0) is 23.8 Å². The van der Waals surface area contributed by atoms with Gasteiger partial charge in [0, 0.05) is 37.2 Å². The zero-order chi connectivity index (χ0) is 21.5. The maximum Gasteiger partial charge on any atom is 0.333 e. The van der Waals surface area contributed by atoms with E-state index in [4.69, 9.17) is 20.4 Å². The molecule has 0 rings (SSSR count). The van der Waals surface area contributed by atoms with Crippen molar-refractivity contribution < 1.29 is 44.2 Å². The summed E-state index contributed by atoms with van der Waals surface area (Å²) in [6.07, 6.45) is 0.970. The first-order valence-corrected chi connectivity index (χ1v) is 8.44. The average Bonchev–Trinajstić information content (AvgIpc) is 2.63. The maximum absolute atomic E-state index is 10.6. The van der Waals surface area contributed by atoms with Crippen LogP contribution in [0.2, 0.25) is 0 Å². The monoisotopic (exact) mass is 394 g/mol. The third kappa shape index (κ3) is 29.2.